The molecule has 0 atom stereocenters. The van der Waals surface area contributed by atoms with Crippen molar-refractivity contribution in [2.75, 3.05) is 38.3 Å². The number of benzene rings is 2. The van der Waals surface area contributed by atoms with E-state index >= 15 is 0 Å². The molecule has 0 bridgehead atoms. The van der Waals surface area contributed by atoms with Crippen molar-refractivity contribution in [3.63, 3.8) is 0 Å². The Kier molecular flexibility index (Phi) is 7.74. The fourth-order valence-electron chi connectivity index (χ4n) is 4.89. The number of nitrogens with zero attached hydrogens (tertiary/aromatic N) is 4. The van der Waals surface area contributed by atoms with Crippen molar-refractivity contribution in [1.29, 1.82) is 0 Å². The molecule has 2 saturated heterocycles. The maximum atomic E-state index is 13.3. The number of amides is 1. The average Bonchev–Trinajstić information content (AvgIpc) is 3.37. The Labute approximate surface area is 236 Å². The summed E-state index contributed by atoms with van der Waals surface area (Å²) in [6, 6.07) is 14.8. The highest BCUT2D eigenvalue weighted by molar-refractivity contribution is 8.26. The first kappa shape index (κ1) is 26.9. The van der Waals surface area contributed by atoms with Crippen molar-refractivity contribution in [2.45, 2.75) is 20.4 Å². The van der Waals surface area contributed by atoms with E-state index in [0.29, 0.717) is 53.4 Å². The number of hydrogen-bond donors (Lipinski definition) is 0. The van der Waals surface area contributed by atoms with Gasteiger partial charge in [-0.2, -0.15) is 0 Å². The van der Waals surface area contributed by atoms with E-state index in [4.69, 9.17) is 21.7 Å². The lowest BCUT2D eigenvalue weighted by atomic mass is 10.2. The highest BCUT2D eigenvalue weighted by atomic mass is 32.2. The van der Waals surface area contributed by atoms with Gasteiger partial charge in [0.25, 0.3) is 11.6 Å². The SMILES string of the molecule is COc1ccc(CN2C(=O)/C(=C/c3cc(C)n(-c4ccc(N5CCOCC5)c([N+](=O)[O-])c4)c3C)SC2=S)cc1. The van der Waals surface area contributed by atoms with Gasteiger partial charge >= 0.3 is 0 Å². The van der Waals surface area contributed by atoms with Gasteiger partial charge < -0.3 is 18.9 Å². The molecule has 0 unspecified atom stereocenters. The topological polar surface area (TPSA) is 90.1 Å². The first-order valence-electron chi connectivity index (χ1n) is 12.5. The number of carbonyl (C=O) groups excluding carboxylic acids is 1. The molecule has 0 radical (unpaired) electrons. The van der Waals surface area contributed by atoms with Crippen LogP contribution in [0.4, 0.5) is 11.4 Å². The lowest BCUT2D eigenvalue weighted by molar-refractivity contribution is -0.384. The Balaban J connectivity index is 1.42. The third kappa shape index (κ3) is 5.42. The molecule has 0 spiro atoms. The summed E-state index contributed by atoms with van der Waals surface area (Å²) in [4.78, 5) is 29.0. The van der Waals surface area contributed by atoms with Crippen LogP contribution in [-0.2, 0) is 16.1 Å². The molecule has 0 aliphatic carbocycles. The smallest absolute Gasteiger partial charge is 0.294 e. The number of nitro groups is 1. The third-order valence-corrected chi connectivity index (χ3v) is 8.27. The summed E-state index contributed by atoms with van der Waals surface area (Å²) in [5.74, 6) is 0.608. The molecule has 9 nitrogen and oxygen atoms in total. The fourth-order valence-corrected chi connectivity index (χ4v) is 6.14. The van der Waals surface area contributed by atoms with Gasteiger partial charge in [0, 0.05) is 30.5 Å². The van der Waals surface area contributed by atoms with E-state index in [9.17, 15) is 14.9 Å². The second kappa shape index (κ2) is 11.2. The number of thiocarbonyl (C=S) groups is 1. The number of morpholine rings is 1. The number of rotatable bonds is 7. The zero-order chi connectivity index (χ0) is 27.7. The van der Waals surface area contributed by atoms with Gasteiger partial charge in [-0.1, -0.05) is 36.1 Å². The molecular weight excluding hydrogens is 536 g/mol. The highest BCUT2D eigenvalue weighted by Gasteiger charge is 2.32. The van der Waals surface area contributed by atoms with Crippen LogP contribution in [0.15, 0.2) is 53.4 Å². The molecular formula is C28H28N4O5S2. The second-order valence-electron chi connectivity index (χ2n) is 9.31. The first-order valence-corrected chi connectivity index (χ1v) is 13.7. The van der Waals surface area contributed by atoms with Crippen molar-refractivity contribution in [1.82, 2.24) is 9.47 Å². The van der Waals surface area contributed by atoms with E-state index in [1.165, 1.54) is 11.8 Å². The molecule has 3 aromatic rings. The monoisotopic (exact) mass is 564 g/mol. The van der Waals surface area contributed by atoms with Gasteiger partial charge in [0.15, 0.2) is 0 Å². The Bertz CT molecular complexity index is 1480. The molecule has 39 heavy (non-hydrogen) atoms. The van der Waals surface area contributed by atoms with Gasteiger partial charge in [0.05, 0.1) is 42.4 Å². The predicted molar refractivity (Wildman–Crippen MR) is 157 cm³/mol. The number of methoxy groups -OCH3 is 1. The minimum Gasteiger partial charge on any atom is -0.497 e. The molecule has 2 aromatic carbocycles. The van der Waals surface area contributed by atoms with E-state index in [-0.39, 0.29) is 16.5 Å². The quantitative estimate of drug-likeness (QED) is 0.166. The van der Waals surface area contributed by atoms with Gasteiger partial charge in [0.2, 0.25) is 0 Å². The highest BCUT2D eigenvalue weighted by Crippen LogP contribution is 2.36. The van der Waals surface area contributed by atoms with Gasteiger partial charge in [-0.3, -0.25) is 19.8 Å². The lowest BCUT2D eigenvalue weighted by Crippen LogP contribution is -2.36. The first-order chi connectivity index (χ1) is 18.8. The second-order valence-corrected chi connectivity index (χ2v) is 11.0. The molecule has 3 heterocycles. The maximum Gasteiger partial charge on any atom is 0.294 e. The number of carbonyl (C=O) groups is 1. The van der Waals surface area contributed by atoms with Gasteiger partial charge in [-0.15, -0.1) is 0 Å². The molecule has 5 rings (SSSR count). The van der Waals surface area contributed by atoms with Crippen LogP contribution in [0.2, 0.25) is 0 Å². The summed E-state index contributed by atoms with van der Waals surface area (Å²) in [7, 11) is 1.61. The van der Waals surface area contributed by atoms with Gasteiger partial charge in [-0.05, 0) is 61.4 Å². The number of aryl methyl sites for hydroxylation is 1. The van der Waals surface area contributed by atoms with Crippen LogP contribution < -0.4 is 9.64 Å². The summed E-state index contributed by atoms with van der Waals surface area (Å²) in [5, 5.41) is 12.0. The van der Waals surface area contributed by atoms with Gasteiger partial charge in [0.1, 0.15) is 15.8 Å². The minimum atomic E-state index is -0.336. The molecule has 2 fully saturated rings. The van der Waals surface area contributed by atoms with Crippen LogP contribution in [0.5, 0.6) is 5.75 Å². The van der Waals surface area contributed by atoms with Crippen LogP contribution in [-0.4, -0.2) is 58.0 Å². The zero-order valence-corrected chi connectivity index (χ0v) is 23.5. The molecule has 202 valence electrons. The number of anilines is 1. The lowest BCUT2D eigenvalue weighted by Gasteiger charge is -2.28. The van der Waals surface area contributed by atoms with E-state index in [1.807, 2.05) is 71.9 Å². The molecule has 2 aliphatic rings. The van der Waals surface area contributed by atoms with Crippen molar-refractivity contribution in [3.8, 4) is 11.4 Å². The molecule has 2 aliphatic heterocycles. The summed E-state index contributed by atoms with van der Waals surface area (Å²) in [5.41, 5.74) is 4.94. The van der Waals surface area contributed by atoms with E-state index in [1.54, 1.807) is 18.1 Å². The summed E-state index contributed by atoms with van der Waals surface area (Å²) < 4.78 is 13.1. The number of aromatic nitrogens is 1. The Morgan fingerprint density at radius 2 is 1.85 bits per heavy atom. The van der Waals surface area contributed by atoms with E-state index in [2.05, 4.69) is 0 Å². The number of nitro benzene ring substituents is 1. The number of hydrogen-bond acceptors (Lipinski definition) is 8. The normalized spacial score (nSPS) is 16.8. The van der Waals surface area contributed by atoms with E-state index < -0.39 is 0 Å². The average molecular weight is 565 g/mol. The van der Waals surface area contributed by atoms with Crippen LogP contribution in [0.25, 0.3) is 11.8 Å². The largest absolute Gasteiger partial charge is 0.497 e. The fraction of sp³-hybridized carbons (Fsp3) is 0.286. The number of thioether (sulfide) groups is 1. The van der Waals surface area contributed by atoms with Crippen molar-refractivity contribution < 1.29 is 19.2 Å². The Morgan fingerprint density at radius 3 is 2.51 bits per heavy atom. The van der Waals surface area contributed by atoms with E-state index in [0.717, 1.165) is 28.3 Å². The molecule has 0 N–H and O–H groups in total. The predicted octanol–water partition coefficient (Wildman–Crippen LogP) is 5.25. The molecule has 0 saturated carbocycles. The van der Waals surface area contributed by atoms with Crippen LogP contribution in [0.3, 0.4) is 0 Å². The molecule has 1 aromatic heterocycles. The van der Waals surface area contributed by atoms with Crippen LogP contribution in [0, 0.1) is 24.0 Å². The third-order valence-electron chi connectivity index (χ3n) is 6.90. The minimum absolute atomic E-state index is 0.0582. The van der Waals surface area contributed by atoms with Crippen LogP contribution in [0.1, 0.15) is 22.5 Å². The zero-order valence-electron chi connectivity index (χ0n) is 21.9. The summed E-state index contributed by atoms with van der Waals surface area (Å²) >= 11 is 6.80. The summed E-state index contributed by atoms with van der Waals surface area (Å²) in [6.07, 6.45) is 1.85. The van der Waals surface area contributed by atoms with Crippen molar-refractivity contribution in [3.05, 3.63) is 86.1 Å². The maximum absolute atomic E-state index is 13.3. The number of ether oxygens (including phenoxy) is 2. The standard InChI is InChI=1S/C28H28N4O5S2/c1-18-14-21(15-26-27(33)30(28(38)39-26)17-20-4-7-23(36-3)8-5-20)19(2)31(18)22-6-9-24(25(16-22)32(34)35)29-10-12-37-13-11-29/h4-9,14-16H,10-13,17H2,1-3H3/b26-15-. The Hall–Kier alpha value is -3.67. The van der Waals surface area contributed by atoms with Crippen LogP contribution >= 0.6 is 24.0 Å². The van der Waals surface area contributed by atoms with Crippen molar-refractivity contribution >= 4 is 51.7 Å². The summed E-state index contributed by atoms with van der Waals surface area (Å²) in [6.45, 7) is 6.59. The van der Waals surface area contributed by atoms with Gasteiger partial charge in [-0.25, -0.2) is 0 Å². The molecule has 1 amide bonds. The van der Waals surface area contributed by atoms with Crippen molar-refractivity contribution in [2.24, 2.45) is 0 Å². The molecule has 11 heteroatoms. The Morgan fingerprint density at radius 1 is 1.13 bits per heavy atom.